The first kappa shape index (κ1) is 20.0. The van der Waals surface area contributed by atoms with E-state index in [4.69, 9.17) is 4.98 Å². The maximum absolute atomic E-state index is 12.9. The number of aromatic nitrogens is 3. The van der Waals surface area contributed by atoms with E-state index < -0.39 is 5.95 Å². The molecule has 1 aliphatic heterocycles. The maximum Gasteiger partial charge on any atom is 0.319 e. The molecule has 9 heteroatoms. The smallest absolute Gasteiger partial charge is 0.319 e. The molecule has 0 saturated carbocycles. The fourth-order valence-electron chi connectivity index (χ4n) is 3.47. The number of aromatic amines is 1. The zero-order valence-corrected chi connectivity index (χ0v) is 16.2. The van der Waals surface area contributed by atoms with E-state index in [1.807, 2.05) is 24.3 Å². The van der Waals surface area contributed by atoms with E-state index in [1.165, 1.54) is 18.3 Å². The molecule has 4 rings (SSSR count). The molecule has 3 heterocycles. The van der Waals surface area contributed by atoms with Crippen LogP contribution < -0.4 is 10.6 Å². The van der Waals surface area contributed by atoms with E-state index in [-0.39, 0.29) is 30.5 Å². The normalized spacial score (nSPS) is 19.8. The first-order valence-electron chi connectivity index (χ1n) is 8.92. The van der Waals surface area contributed by atoms with Crippen molar-refractivity contribution in [3.63, 3.8) is 0 Å². The number of urea groups is 1. The summed E-state index contributed by atoms with van der Waals surface area (Å²) in [6, 6.07) is 10.4. The lowest BCUT2D eigenvalue weighted by Crippen LogP contribution is -2.46. The number of nitrogens with zero attached hydrogens (tertiary/aromatic N) is 3. The summed E-state index contributed by atoms with van der Waals surface area (Å²) in [6.07, 6.45) is 2.90. The molecule has 148 valence electrons. The van der Waals surface area contributed by atoms with Gasteiger partial charge in [0.1, 0.15) is 5.82 Å². The Hall–Kier alpha value is -2.71. The number of rotatable bonds is 3. The van der Waals surface area contributed by atoms with Gasteiger partial charge in [0.05, 0.1) is 29.0 Å². The van der Waals surface area contributed by atoms with Crippen LogP contribution in [0.15, 0.2) is 42.6 Å². The fourth-order valence-corrected chi connectivity index (χ4v) is 3.47. The Labute approximate surface area is 168 Å². The second kappa shape index (κ2) is 8.53. The third kappa shape index (κ3) is 4.40. The number of para-hydroxylation sites is 2. The first-order valence-corrected chi connectivity index (χ1v) is 8.92. The molecule has 0 radical (unpaired) electrons. The molecule has 7 nitrogen and oxygen atoms in total. The standard InChI is InChI=1S/C19H21FN6O.ClH/c1-26-9-8-12(22-19(27)23-13-6-7-17(20)21-11-13)10-16(26)18-24-14-4-2-3-5-15(14)25-18;/h2-7,11-12,16H,8-10H2,1H3,(H,24,25)(H2,22,23,27);1H/t12-,16-;/m1./s1. The van der Waals surface area contributed by atoms with E-state index in [1.54, 1.807) is 0 Å². The van der Waals surface area contributed by atoms with Gasteiger partial charge in [0.15, 0.2) is 0 Å². The van der Waals surface area contributed by atoms with Gasteiger partial charge in [-0.15, -0.1) is 12.4 Å². The Kier molecular flexibility index (Phi) is 6.11. The van der Waals surface area contributed by atoms with Gasteiger partial charge in [-0.25, -0.2) is 14.8 Å². The number of amides is 2. The highest BCUT2D eigenvalue weighted by molar-refractivity contribution is 5.89. The van der Waals surface area contributed by atoms with Crippen LogP contribution in [0, 0.1) is 5.95 Å². The number of fused-ring (bicyclic) bond motifs is 1. The SMILES string of the molecule is CN1CC[C@@H](NC(=O)Nc2ccc(F)nc2)C[C@@H]1c1nc2ccccc2[nH]1.Cl. The summed E-state index contributed by atoms with van der Waals surface area (Å²) < 4.78 is 12.9. The van der Waals surface area contributed by atoms with Crippen LogP contribution in [-0.4, -0.2) is 45.5 Å². The highest BCUT2D eigenvalue weighted by Gasteiger charge is 2.30. The number of halogens is 2. The number of nitrogens with one attached hydrogen (secondary N) is 3. The van der Waals surface area contributed by atoms with Gasteiger partial charge in [-0.05, 0) is 44.2 Å². The van der Waals surface area contributed by atoms with Crippen molar-refractivity contribution in [1.29, 1.82) is 0 Å². The summed E-state index contributed by atoms with van der Waals surface area (Å²) in [6.45, 7) is 0.852. The molecular weight excluding hydrogens is 383 g/mol. The van der Waals surface area contributed by atoms with E-state index in [0.717, 1.165) is 36.2 Å². The molecule has 2 amide bonds. The molecule has 1 aliphatic rings. The molecule has 3 N–H and O–H groups in total. The molecule has 28 heavy (non-hydrogen) atoms. The number of piperidine rings is 1. The molecule has 0 spiro atoms. The number of pyridine rings is 1. The van der Waals surface area contributed by atoms with Crippen LogP contribution in [0.2, 0.25) is 0 Å². The van der Waals surface area contributed by atoms with Crippen LogP contribution in [0.5, 0.6) is 0 Å². The second-order valence-corrected chi connectivity index (χ2v) is 6.82. The Morgan fingerprint density at radius 1 is 1.29 bits per heavy atom. The third-order valence-electron chi connectivity index (χ3n) is 4.91. The monoisotopic (exact) mass is 404 g/mol. The molecule has 1 aromatic carbocycles. The highest BCUT2D eigenvalue weighted by Crippen LogP contribution is 2.29. The van der Waals surface area contributed by atoms with Crippen molar-refractivity contribution in [3.8, 4) is 0 Å². The summed E-state index contributed by atoms with van der Waals surface area (Å²) in [5, 5.41) is 5.68. The van der Waals surface area contributed by atoms with Crippen molar-refractivity contribution < 1.29 is 9.18 Å². The number of benzene rings is 1. The number of carbonyl (C=O) groups is 1. The Morgan fingerprint density at radius 3 is 2.86 bits per heavy atom. The fraction of sp³-hybridized carbons (Fsp3) is 0.316. The van der Waals surface area contributed by atoms with Crippen LogP contribution in [0.25, 0.3) is 11.0 Å². The summed E-state index contributed by atoms with van der Waals surface area (Å²) in [4.78, 5) is 26.1. The minimum atomic E-state index is -0.579. The van der Waals surface area contributed by atoms with Gasteiger partial charge in [-0.2, -0.15) is 4.39 Å². The summed E-state index contributed by atoms with van der Waals surface area (Å²) >= 11 is 0. The zero-order chi connectivity index (χ0) is 18.8. The molecule has 2 atom stereocenters. The van der Waals surface area contributed by atoms with E-state index in [0.29, 0.717) is 5.69 Å². The largest absolute Gasteiger partial charge is 0.341 e. The Balaban J connectivity index is 0.00000225. The number of anilines is 1. The number of hydrogen-bond acceptors (Lipinski definition) is 4. The van der Waals surface area contributed by atoms with Crippen molar-refractivity contribution in [2.24, 2.45) is 0 Å². The van der Waals surface area contributed by atoms with Crippen molar-refractivity contribution in [2.75, 3.05) is 18.9 Å². The maximum atomic E-state index is 12.9. The number of carbonyl (C=O) groups excluding carboxylic acids is 1. The molecule has 0 aliphatic carbocycles. The van der Waals surface area contributed by atoms with Crippen LogP contribution in [0.1, 0.15) is 24.7 Å². The summed E-state index contributed by atoms with van der Waals surface area (Å²) in [5.74, 6) is 0.332. The van der Waals surface area contributed by atoms with E-state index in [9.17, 15) is 9.18 Å². The van der Waals surface area contributed by atoms with Crippen molar-refractivity contribution in [2.45, 2.75) is 24.9 Å². The van der Waals surface area contributed by atoms with E-state index >= 15 is 0 Å². The Bertz CT molecular complexity index is 914. The van der Waals surface area contributed by atoms with Crippen molar-refractivity contribution in [3.05, 3.63) is 54.4 Å². The number of likely N-dealkylation sites (tertiary alicyclic amines) is 1. The number of H-pyrrole nitrogens is 1. The quantitative estimate of drug-likeness (QED) is 0.583. The average molecular weight is 405 g/mol. The molecule has 1 saturated heterocycles. The van der Waals surface area contributed by atoms with Crippen LogP contribution in [0.3, 0.4) is 0 Å². The van der Waals surface area contributed by atoms with Gasteiger partial charge < -0.3 is 15.6 Å². The van der Waals surface area contributed by atoms with Gasteiger partial charge >= 0.3 is 6.03 Å². The average Bonchev–Trinajstić information content (AvgIpc) is 3.09. The third-order valence-corrected chi connectivity index (χ3v) is 4.91. The van der Waals surface area contributed by atoms with Crippen LogP contribution >= 0.6 is 12.4 Å². The lowest BCUT2D eigenvalue weighted by Gasteiger charge is -2.36. The van der Waals surface area contributed by atoms with Crippen LogP contribution in [0.4, 0.5) is 14.9 Å². The second-order valence-electron chi connectivity index (χ2n) is 6.82. The van der Waals surface area contributed by atoms with Gasteiger partial charge in [-0.3, -0.25) is 4.90 Å². The molecule has 2 aromatic heterocycles. The van der Waals surface area contributed by atoms with Gasteiger partial charge in [0.25, 0.3) is 0 Å². The first-order chi connectivity index (χ1) is 13.1. The highest BCUT2D eigenvalue weighted by atomic mass is 35.5. The zero-order valence-electron chi connectivity index (χ0n) is 15.4. The number of hydrogen-bond donors (Lipinski definition) is 3. The topological polar surface area (TPSA) is 85.9 Å². The van der Waals surface area contributed by atoms with Crippen molar-refractivity contribution >= 4 is 35.2 Å². The molecule has 3 aromatic rings. The molecule has 0 unspecified atom stereocenters. The van der Waals surface area contributed by atoms with Gasteiger partial charge in [-0.1, -0.05) is 12.1 Å². The van der Waals surface area contributed by atoms with E-state index in [2.05, 4.69) is 32.5 Å². The molecule has 0 bridgehead atoms. The number of imidazole rings is 1. The van der Waals surface area contributed by atoms with Gasteiger partial charge in [0.2, 0.25) is 5.95 Å². The Morgan fingerprint density at radius 2 is 2.11 bits per heavy atom. The lowest BCUT2D eigenvalue weighted by atomic mass is 9.97. The van der Waals surface area contributed by atoms with Crippen molar-refractivity contribution in [1.82, 2.24) is 25.2 Å². The predicted octanol–water partition coefficient (Wildman–Crippen LogP) is 3.48. The summed E-state index contributed by atoms with van der Waals surface area (Å²) in [5.41, 5.74) is 2.41. The lowest BCUT2D eigenvalue weighted by molar-refractivity contribution is 0.153. The van der Waals surface area contributed by atoms with Crippen LogP contribution in [-0.2, 0) is 0 Å². The van der Waals surface area contributed by atoms with Gasteiger partial charge in [0, 0.05) is 12.6 Å². The molecular formula is C19H22ClFN6O. The summed E-state index contributed by atoms with van der Waals surface area (Å²) in [7, 11) is 2.07. The minimum Gasteiger partial charge on any atom is -0.341 e. The molecule has 1 fully saturated rings. The minimum absolute atomic E-state index is 0. The predicted molar refractivity (Wildman–Crippen MR) is 108 cm³/mol.